The van der Waals surface area contributed by atoms with Gasteiger partial charge in [0, 0.05) is 30.6 Å². The summed E-state index contributed by atoms with van der Waals surface area (Å²) in [4.78, 5) is 0.707. The fraction of sp³-hybridized carbons (Fsp3) is 0.412. The van der Waals surface area contributed by atoms with Crippen LogP contribution in [0.4, 0.5) is 26.3 Å². The van der Waals surface area contributed by atoms with Gasteiger partial charge >= 0.3 is 11.8 Å². The molecule has 2 N–H and O–H groups in total. The zero-order valence-electron chi connectivity index (χ0n) is 14.3. The number of alkyl halides is 5. The fourth-order valence-electron chi connectivity index (χ4n) is 2.54. The molecule has 0 aromatic carbocycles. The van der Waals surface area contributed by atoms with Crippen molar-refractivity contribution >= 4 is 34.1 Å². The number of allylic oxidation sites excluding steroid dienone is 1. The molecule has 10 heteroatoms. The van der Waals surface area contributed by atoms with E-state index in [9.17, 15) is 27.1 Å². The van der Waals surface area contributed by atoms with Crippen LogP contribution in [0.15, 0.2) is 12.1 Å². The minimum absolute atomic E-state index is 0.0776. The molecule has 0 fully saturated rings. The Hall–Kier alpha value is -1.36. The first-order chi connectivity index (χ1) is 12.5. The van der Waals surface area contributed by atoms with Crippen LogP contribution >= 0.6 is 22.7 Å². The van der Waals surface area contributed by atoms with Crippen molar-refractivity contribution in [2.75, 3.05) is 6.67 Å². The van der Waals surface area contributed by atoms with Gasteiger partial charge in [-0.3, -0.25) is 0 Å². The first kappa shape index (κ1) is 21.9. The average Bonchev–Trinajstić information content (AvgIpc) is 3.17. The van der Waals surface area contributed by atoms with Crippen molar-refractivity contribution in [3.8, 4) is 0 Å². The van der Waals surface area contributed by atoms with Crippen LogP contribution in [0.2, 0.25) is 0 Å². The maximum atomic E-state index is 15.2. The van der Waals surface area contributed by atoms with E-state index in [2.05, 4.69) is 0 Å². The SMILES string of the molecule is Cc1sc(CO)cc1/C(F)=C(\c1cc(CO)sc1C)C(F)(F)C(F)(F)CF. The van der Waals surface area contributed by atoms with Gasteiger partial charge in [0.05, 0.1) is 18.8 Å². The quantitative estimate of drug-likeness (QED) is 0.571. The second kappa shape index (κ2) is 7.94. The van der Waals surface area contributed by atoms with Crippen LogP contribution < -0.4 is 0 Å². The summed E-state index contributed by atoms with van der Waals surface area (Å²) in [6.07, 6.45) is 0. The number of hydrogen-bond donors (Lipinski definition) is 2. The van der Waals surface area contributed by atoms with Gasteiger partial charge in [-0.05, 0) is 26.0 Å². The van der Waals surface area contributed by atoms with Gasteiger partial charge < -0.3 is 10.2 Å². The van der Waals surface area contributed by atoms with E-state index < -0.39 is 48.7 Å². The summed E-state index contributed by atoms with van der Waals surface area (Å²) in [6.45, 7) is -0.983. The summed E-state index contributed by atoms with van der Waals surface area (Å²) in [7, 11) is 0. The van der Waals surface area contributed by atoms with E-state index >= 15 is 4.39 Å². The summed E-state index contributed by atoms with van der Waals surface area (Å²) in [6, 6.07) is 2.08. The van der Waals surface area contributed by atoms with Crippen molar-refractivity contribution < 1.29 is 36.6 Å². The molecule has 0 atom stereocenters. The maximum Gasteiger partial charge on any atom is 0.342 e. The highest BCUT2D eigenvalue weighted by atomic mass is 32.1. The van der Waals surface area contributed by atoms with Gasteiger partial charge in [-0.15, -0.1) is 22.7 Å². The molecule has 0 amide bonds. The molecule has 0 unspecified atom stereocenters. The Bertz CT molecular complexity index is 854. The molecule has 2 nitrogen and oxygen atoms in total. The van der Waals surface area contributed by atoms with Gasteiger partial charge in [-0.25, -0.2) is 8.78 Å². The van der Waals surface area contributed by atoms with Crippen molar-refractivity contribution in [1.29, 1.82) is 0 Å². The summed E-state index contributed by atoms with van der Waals surface area (Å²) in [5.74, 6) is -11.9. The van der Waals surface area contributed by atoms with E-state index in [0.29, 0.717) is 0 Å². The Kier molecular flexibility index (Phi) is 6.45. The molecule has 2 aromatic rings. The van der Waals surface area contributed by atoms with Crippen LogP contribution in [0.5, 0.6) is 0 Å². The van der Waals surface area contributed by atoms with E-state index in [0.717, 1.165) is 34.8 Å². The second-order valence-corrected chi connectivity index (χ2v) is 8.46. The number of rotatable bonds is 7. The molecule has 150 valence electrons. The molecular formula is C17H16F6O2S2. The minimum Gasteiger partial charge on any atom is -0.391 e. The predicted octanol–water partition coefficient (Wildman–Crippen LogP) is 5.49. The maximum absolute atomic E-state index is 15.2. The van der Waals surface area contributed by atoms with E-state index in [1.54, 1.807) is 0 Å². The lowest BCUT2D eigenvalue weighted by Gasteiger charge is -2.27. The van der Waals surface area contributed by atoms with Gasteiger partial charge in [0.25, 0.3) is 0 Å². The molecule has 0 spiro atoms. The second-order valence-electron chi connectivity index (χ2n) is 5.78. The zero-order chi connectivity index (χ0) is 20.6. The molecule has 0 aliphatic carbocycles. The Balaban J connectivity index is 2.83. The van der Waals surface area contributed by atoms with Crippen molar-refractivity contribution in [1.82, 2.24) is 0 Å². The molecular weight excluding hydrogens is 414 g/mol. The van der Waals surface area contributed by atoms with Crippen LogP contribution in [0.3, 0.4) is 0 Å². The van der Waals surface area contributed by atoms with E-state index in [1.165, 1.54) is 13.8 Å². The lowest BCUT2D eigenvalue weighted by atomic mass is 9.92. The van der Waals surface area contributed by atoms with Gasteiger partial charge in [0.15, 0.2) is 6.67 Å². The normalized spacial score (nSPS) is 13.9. The Morgan fingerprint density at radius 2 is 1.37 bits per heavy atom. The number of hydrogen-bond acceptors (Lipinski definition) is 4. The zero-order valence-corrected chi connectivity index (χ0v) is 15.9. The number of aryl methyl sites for hydroxylation is 2. The Morgan fingerprint density at radius 3 is 1.78 bits per heavy atom. The van der Waals surface area contributed by atoms with Crippen LogP contribution in [-0.2, 0) is 13.2 Å². The molecule has 0 aliphatic heterocycles. The Morgan fingerprint density at radius 1 is 0.926 bits per heavy atom. The molecule has 0 bridgehead atoms. The largest absolute Gasteiger partial charge is 0.391 e. The third-order valence-electron chi connectivity index (χ3n) is 3.92. The summed E-state index contributed by atoms with van der Waals surface area (Å²) >= 11 is 1.77. The third kappa shape index (κ3) is 3.94. The first-order valence-corrected chi connectivity index (χ1v) is 9.26. The number of aliphatic hydroxyl groups excluding tert-OH is 2. The molecule has 0 saturated heterocycles. The molecule has 2 heterocycles. The number of aliphatic hydroxyl groups is 2. The average molecular weight is 430 g/mol. The van der Waals surface area contributed by atoms with Gasteiger partial charge in [0.1, 0.15) is 5.83 Å². The summed E-state index contributed by atoms with van der Waals surface area (Å²) in [5, 5.41) is 18.3. The lowest BCUT2D eigenvalue weighted by Crippen LogP contribution is -2.43. The van der Waals surface area contributed by atoms with Gasteiger partial charge in [-0.1, -0.05) is 0 Å². The van der Waals surface area contributed by atoms with Crippen molar-refractivity contribution in [2.45, 2.75) is 38.9 Å². The summed E-state index contributed by atoms with van der Waals surface area (Å²) in [5.41, 5.74) is -2.52. The van der Waals surface area contributed by atoms with E-state index in [4.69, 9.17) is 5.11 Å². The van der Waals surface area contributed by atoms with Crippen LogP contribution in [0, 0.1) is 13.8 Å². The highest BCUT2D eigenvalue weighted by molar-refractivity contribution is 7.12. The van der Waals surface area contributed by atoms with Crippen molar-refractivity contribution in [3.05, 3.63) is 42.8 Å². The number of halogens is 6. The van der Waals surface area contributed by atoms with Crippen LogP contribution in [0.1, 0.15) is 30.6 Å². The predicted molar refractivity (Wildman–Crippen MR) is 93.7 cm³/mol. The monoisotopic (exact) mass is 430 g/mol. The highest BCUT2D eigenvalue weighted by Gasteiger charge is 2.60. The van der Waals surface area contributed by atoms with Crippen LogP contribution in [-0.4, -0.2) is 28.7 Å². The number of thiophene rings is 2. The van der Waals surface area contributed by atoms with Gasteiger partial charge in [0.2, 0.25) is 0 Å². The van der Waals surface area contributed by atoms with Crippen LogP contribution in [0.25, 0.3) is 11.4 Å². The van der Waals surface area contributed by atoms with E-state index in [-0.39, 0.29) is 25.1 Å². The highest BCUT2D eigenvalue weighted by Crippen LogP contribution is 2.50. The molecule has 0 aliphatic rings. The Labute approximate surface area is 159 Å². The molecule has 0 saturated carbocycles. The standard InChI is InChI=1S/C17H16F6O2S2/c1-8-12(3-10(5-24)26-8)14(17(22,23)16(20,21)7-18)15(19)13-4-11(6-25)27-9(13)2/h3-4,24-25H,5-7H2,1-2H3/b15-14-. The fourth-order valence-corrected chi connectivity index (χ4v) is 4.33. The minimum atomic E-state index is -5.14. The molecule has 2 rings (SSSR count). The topological polar surface area (TPSA) is 40.5 Å². The molecule has 0 radical (unpaired) electrons. The summed E-state index contributed by atoms with van der Waals surface area (Å²) < 4.78 is 84.5. The molecule has 27 heavy (non-hydrogen) atoms. The van der Waals surface area contributed by atoms with E-state index in [1.807, 2.05) is 0 Å². The van der Waals surface area contributed by atoms with Crippen molar-refractivity contribution in [3.63, 3.8) is 0 Å². The first-order valence-electron chi connectivity index (χ1n) is 7.63. The molecule has 2 aromatic heterocycles. The van der Waals surface area contributed by atoms with Crippen molar-refractivity contribution in [2.24, 2.45) is 0 Å². The lowest BCUT2D eigenvalue weighted by molar-refractivity contribution is -0.180. The smallest absolute Gasteiger partial charge is 0.342 e. The van der Waals surface area contributed by atoms with Gasteiger partial charge in [-0.2, -0.15) is 17.6 Å². The third-order valence-corrected chi connectivity index (χ3v) is 5.99.